The quantitative estimate of drug-likeness (QED) is 0.140. The second-order valence-electron chi connectivity index (χ2n) is 10.5. The van der Waals surface area contributed by atoms with Crippen molar-refractivity contribution in [2.45, 2.75) is 63.7 Å². The van der Waals surface area contributed by atoms with Gasteiger partial charge < -0.3 is 36.9 Å². The highest BCUT2D eigenvalue weighted by molar-refractivity contribution is 5.94. The van der Waals surface area contributed by atoms with Crippen LogP contribution in [-0.2, 0) is 36.8 Å². The molecule has 0 saturated heterocycles. The van der Waals surface area contributed by atoms with Gasteiger partial charge in [0.15, 0.2) is 0 Å². The van der Waals surface area contributed by atoms with E-state index in [9.17, 15) is 34.2 Å². The fourth-order valence-electron chi connectivity index (χ4n) is 4.55. The lowest BCUT2D eigenvalue weighted by Crippen LogP contribution is -2.58. The maximum atomic E-state index is 13.3. The number of nitrogens with two attached hydrogens (primary N) is 1. The molecule has 0 aliphatic heterocycles. The normalized spacial score (nSPS) is 14.0. The van der Waals surface area contributed by atoms with Crippen molar-refractivity contribution < 1.29 is 34.2 Å². The molecule has 4 unspecified atom stereocenters. The number of aromatic amines is 1. The number of benzene rings is 2. The summed E-state index contributed by atoms with van der Waals surface area (Å²) in [5.74, 6) is -5.04. The van der Waals surface area contributed by atoms with Crippen LogP contribution in [0, 0.1) is 5.92 Å². The fraction of sp³-hybridized carbons (Fsp3) is 0.367. The Morgan fingerprint density at radius 1 is 0.810 bits per heavy atom. The zero-order chi connectivity index (χ0) is 30.8. The zero-order valence-corrected chi connectivity index (χ0v) is 23.5. The summed E-state index contributed by atoms with van der Waals surface area (Å²) in [6, 6.07) is 11.6. The van der Waals surface area contributed by atoms with Gasteiger partial charge in [0.2, 0.25) is 17.7 Å². The van der Waals surface area contributed by atoms with Crippen molar-refractivity contribution in [2.24, 2.45) is 11.7 Å². The number of carbonyl (C=O) groups excluding carboxylic acids is 3. The van der Waals surface area contributed by atoms with Crippen molar-refractivity contribution in [1.29, 1.82) is 0 Å². The van der Waals surface area contributed by atoms with Crippen LogP contribution in [0.5, 0.6) is 0 Å². The monoisotopic (exact) mass is 579 g/mol. The molecule has 3 aromatic rings. The topological polar surface area (TPSA) is 204 Å². The van der Waals surface area contributed by atoms with Gasteiger partial charge in [0.25, 0.3) is 0 Å². The van der Waals surface area contributed by atoms with Gasteiger partial charge in [-0.2, -0.15) is 0 Å². The van der Waals surface area contributed by atoms with E-state index in [0.29, 0.717) is 5.56 Å². The van der Waals surface area contributed by atoms with Crippen molar-refractivity contribution in [3.8, 4) is 0 Å². The van der Waals surface area contributed by atoms with E-state index in [1.54, 1.807) is 50.4 Å². The molecule has 1 aromatic heterocycles. The summed E-state index contributed by atoms with van der Waals surface area (Å²) in [5.41, 5.74) is 8.54. The predicted molar refractivity (Wildman–Crippen MR) is 155 cm³/mol. The number of nitrogens with one attached hydrogen (secondary N) is 4. The molecular formula is C30H37N5O7. The van der Waals surface area contributed by atoms with Crippen molar-refractivity contribution in [3.63, 3.8) is 0 Å². The zero-order valence-electron chi connectivity index (χ0n) is 23.5. The molecule has 224 valence electrons. The number of aromatic nitrogens is 1. The smallest absolute Gasteiger partial charge is 0.326 e. The third-order valence-electron chi connectivity index (χ3n) is 6.88. The van der Waals surface area contributed by atoms with E-state index in [2.05, 4.69) is 20.9 Å². The summed E-state index contributed by atoms with van der Waals surface area (Å²) >= 11 is 0. The van der Waals surface area contributed by atoms with E-state index >= 15 is 0 Å². The second-order valence-corrected chi connectivity index (χ2v) is 10.5. The molecule has 42 heavy (non-hydrogen) atoms. The minimum atomic E-state index is -1.30. The van der Waals surface area contributed by atoms with Crippen LogP contribution in [0.25, 0.3) is 10.9 Å². The van der Waals surface area contributed by atoms with Gasteiger partial charge in [-0.05, 0) is 36.0 Å². The Labute approximate surface area is 243 Å². The number of H-pyrrole nitrogens is 1. The molecule has 3 amide bonds. The molecule has 0 spiro atoms. The first-order chi connectivity index (χ1) is 20.0. The van der Waals surface area contributed by atoms with Crippen LogP contribution in [0.3, 0.4) is 0 Å². The van der Waals surface area contributed by atoms with Crippen LogP contribution in [0.2, 0.25) is 0 Å². The summed E-state index contributed by atoms with van der Waals surface area (Å²) in [7, 11) is 0. The minimum Gasteiger partial charge on any atom is -0.481 e. The van der Waals surface area contributed by atoms with Gasteiger partial charge in [0.05, 0.1) is 6.04 Å². The van der Waals surface area contributed by atoms with E-state index in [1.807, 2.05) is 24.3 Å². The number of hydrogen-bond acceptors (Lipinski definition) is 6. The molecule has 0 bridgehead atoms. The van der Waals surface area contributed by atoms with Crippen LogP contribution < -0.4 is 21.7 Å². The Kier molecular flexibility index (Phi) is 11.2. The van der Waals surface area contributed by atoms with Gasteiger partial charge >= 0.3 is 11.9 Å². The van der Waals surface area contributed by atoms with E-state index in [1.165, 1.54) is 0 Å². The Hall–Kier alpha value is -4.71. The first-order valence-electron chi connectivity index (χ1n) is 13.7. The molecule has 2 aromatic carbocycles. The standard InChI is InChI=1S/C30H37N5O7/c1-17(2)26(29(40)34-24(30(41)42)14-18-8-4-3-5-9-18)35-28(39)23(12-13-25(36)37)33-27(38)21(31)15-19-16-32-22-11-7-6-10-20(19)22/h3-11,16-17,21,23-24,26,32H,12-15,31H2,1-2H3,(H,33,38)(H,34,40)(H,35,39)(H,36,37)(H,41,42). The third kappa shape index (κ3) is 8.90. The van der Waals surface area contributed by atoms with Crippen molar-refractivity contribution in [3.05, 3.63) is 71.9 Å². The lowest BCUT2D eigenvalue weighted by molar-refractivity contribution is -0.142. The molecule has 0 aliphatic rings. The van der Waals surface area contributed by atoms with E-state index in [4.69, 9.17) is 5.73 Å². The molecule has 12 nitrogen and oxygen atoms in total. The first-order valence-corrected chi connectivity index (χ1v) is 13.7. The van der Waals surface area contributed by atoms with Crippen LogP contribution in [0.15, 0.2) is 60.8 Å². The number of carboxylic acids is 2. The van der Waals surface area contributed by atoms with Gasteiger partial charge in [0.1, 0.15) is 18.1 Å². The maximum Gasteiger partial charge on any atom is 0.326 e. The Morgan fingerprint density at radius 2 is 1.45 bits per heavy atom. The molecule has 4 atom stereocenters. The Balaban J connectivity index is 1.69. The Morgan fingerprint density at radius 3 is 2.10 bits per heavy atom. The van der Waals surface area contributed by atoms with Gasteiger partial charge in [-0.1, -0.05) is 62.4 Å². The summed E-state index contributed by atoms with van der Waals surface area (Å²) in [6.45, 7) is 3.33. The molecule has 8 N–H and O–H groups in total. The molecule has 0 fully saturated rings. The average molecular weight is 580 g/mol. The predicted octanol–water partition coefficient (Wildman–Crippen LogP) is 1.34. The van der Waals surface area contributed by atoms with Gasteiger partial charge in [-0.25, -0.2) is 4.79 Å². The highest BCUT2D eigenvalue weighted by atomic mass is 16.4. The molecule has 3 rings (SSSR count). The van der Waals surface area contributed by atoms with Gasteiger partial charge in [-0.3, -0.25) is 19.2 Å². The number of amides is 3. The number of para-hydroxylation sites is 1. The number of carboxylic acid groups (broad SMARTS) is 2. The van der Waals surface area contributed by atoms with Crippen LogP contribution in [0.1, 0.15) is 37.8 Å². The van der Waals surface area contributed by atoms with Crippen molar-refractivity contribution in [2.75, 3.05) is 0 Å². The lowest BCUT2D eigenvalue weighted by Gasteiger charge is -2.27. The van der Waals surface area contributed by atoms with Crippen LogP contribution in [-0.4, -0.2) is 69.0 Å². The SMILES string of the molecule is CC(C)C(NC(=O)C(CCC(=O)O)NC(=O)C(N)Cc1c[nH]c2ccccc12)C(=O)NC(Cc1ccccc1)C(=O)O. The van der Waals surface area contributed by atoms with Crippen LogP contribution >= 0.6 is 0 Å². The summed E-state index contributed by atoms with van der Waals surface area (Å²) in [4.78, 5) is 65.6. The second kappa shape index (κ2) is 14.8. The molecule has 0 saturated carbocycles. The summed E-state index contributed by atoms with van der Waals surface area (Å²) in [6.07, 6.45) is 1.28. The largest absolute Gasteiger partial charge is 0.481 e. The molecular weight excluding hydrogens is 542 g/mol. The van der Waals surface area contributed by atoms with Gasteiger partial charge in [0, 0.05) is 29.9 Å². The van der Waals surface area contributed by atoms with E-state index in [0.717, 1.165) is 16.5 Å². The molecule has 1 heterocycles. The number of carbonyl (C=O) groups is 5. The highest BCUT2D eigenvalue weighted by Crippen LogP contribution is 2.19. The number of aliphatic carboxylic acids is 2. The molecule has 0 radical (unpaired) electrons. The maximum absolute atomic E-state index is 13.3. The summed E-state index contributed by atoms with van der Waals surface area (Å²) < 4.78 is 0. The molecule has 12 heteroatoms. The fourth-order valence-corrected chi connectivity index (χ4v) is 4.55. The lowest BCUT2D eigenvalue weighted by atomic mass is 10.00. The average Bonchev–Trinajstić information content (AvgIpc) is 3.36. The number of hydrogen-bond donors (Lipinski definition) is 7. The third-order valence-corrected chi connectivity index (χ3v) is 6.88. The molecule has 0 aliphatic carbocycles. The first kappa shape index (κ1) is 31.8. The number of fused-ring (bicyclic) bond motifs is 1. The van der Waals surface area contributed by atoms with Crippen molar-refractivity contribution in [1.82, 2.24) is 20.9 Å². The Bertz CT molecular complexity index is 1410. The van der Waals surface area contributed by atoms with Crippen molar-refractivity contribution >= 4 is 40.6 Å². The van der Waals surface area contributed by atoms with E-state index < -0.39 is 66.2 Å². The summed E-state index contributed by atoms with van der Waals surface area (Å²) in [5, 5.41) is 27.4. The highest BCUT2D eigenvalue weighted by Gasteiger charge is 2.32. The van der Waals surface area contributed by atoms with Crippen LogP contribution in [0.4, 0.5) is 0 Å². The number of rotatable bonds is 15. The minimum absolute atomic E-state index is 0.0340. The van der Waals surface area contributed by atoms with Gasteiger partial charge in [-0.15, -0.1) is 0 Å². The van der Waals surface area contributed by atoms with E-state index in [-0.39, 0.29) is 19.3 Å².